The molecule has 1 amide bonds. The normalized spacial score (nSPS) is 23.5. The van der Waals surface area contributed by atoms with Gasteiger partial charge in [-0.1, -0.05) is 24.3 Å². The van der Waals surface area contributed by atoms with Crippen LogP contribution in [0.3, 0.4) is 0 Å². The summed E-state index contributed by atoms with van der Waals surface area (Å²) in [5, 5.41) is 3.39. The lowest BCUT2D eigenvalue weighted by Crippen LogP contribution is -2.53. The summed E-state index contributed by atoms with van der Waals surface area (Å²) in [5.41, 5.74) is 2.54. The molecule has 2 unspecified atom stereocenters. The van der Waals surface area contributed by atoms with Crippen LogP contribution in [0.15, 0.2) is 29.3 Å². The number of carbonyl (C=O) groups is 1. The number of hydrogen-bond donors (Lipinski definition) is 1. The first kappa shape index (κ1) is 22.6. The number of guanidine groups is 1. The fourth-order valence-corrected chi connectivity index (χ4v) is 4.25. The zero-order valence-corrected chi connectivity index (χ0v) is 18.9. The molecule has 166 valence electrons. The van der Waals surface area contributed by atoms with Crippen LogP contribution in [0, 0.1) is 0 Å². The van der Waals surface area contributed by atoms with Crippen molar-refractivity contribution in [1.29, 1.82) is 0 Å². The van der Waals surface area contributed by atoms with Gasteiger partial charge in [-0.05, 0) is 31.9 Å². The number of carbonyl (C=O) groups excluding carboxylic acids is 1. The van der Waals surface area contributed by atoms with E-state index in [1.165, 1.54) is 11.1 Å². The minimum absolute atomic E-state index is 0.151. The summed E-state index contributed by atoms with van der Waals surface area (Å²) < 4.78 is 5.83. The number of hydrogen-bond acceptors (Lipinski definition) is 4. The van der Waals surface area contributed by atoms with E-state index in [-0.39, 0.29) is 5.91 Å². The van der Waals surface area contributed by atoms with Gasteiger partial charge in [0.2, 0.25) is 5.91 Å². The maximum atomic E-state index is 11.5. The summed E-state index contributed by atoms with van der Waals surface area (Å²) >= 11 is 0. The van der Waals surface area contributed by atoms with E-state index >= 15 is 0 Å². The van der Waals surface area contributed by atoms with E-state index in [1.807, 2.05) is 4.90 Å². The maximum Gasteiger partial charge on any atom is 0.219 e. The predicted molar refractivity (Wildman–Crippen MR) is 120 cm³/mol. The lowest BCUT2D eigenvalue weighted by Gasteiger charge is -2.36. The van der Waals surface area contributed by atoms with Gasteiger partial charge in [0.15, 0.2) is 5.96 Å². The van der Waals surface area contributed by atoms with E-state index in [9.17, 15) is 4.79 Å². The molecule has 7 nitrogen and oxygen atoms in total. The van der Waals surface area contributed by atoms with Crippen LogP contribution in [0.25, 0.3) is 0 Å². The first-order valence-electron chi connectivity index (χ1n) is 11.2. The monoisotopic (exact) mass is 415 g/mol. The Morgan fingerprint density at radius 2 is 1.60 bits per heavy atom. The highest BCUT2D eigenvalue weighted by molar-refractivity contribution is 5.80. The molecule has 0 spiro atoms. The molecule has 30 heavy (non-hydrogen) atoms. The van der Waals surface area contributed by atoms with E-state index in [2.05, 4.69) is 60.2 Å². The third-order valence-electron chi connectivity index (χ3n) is 5.70. The Morgan fingerprint density at radius 3 is 2.17 bits per heavy atom. The van der Waals surface area contributed by atoms with Gasteiger partial charge in [0.25, 0.3) is 0 Å². The minimum atomic E-state index is 0.151. The van der Waals surface area contributed by atoms with Gasteiger partial charge >= 0.3 is 0 Å². The first-order valence-corrected chi connectivity index (χ1v) is 11.2. The van der Waals surface area contributed by atoms with Crippen molar-refractivity contribution in [2.24, 2.45) is 4.99 Å². The molecule has 1 aromatic carbocycles. The van der Waals surface area contributed by atoms with E-state index in [0.717, 1.165) is 58.3 Å². The minimum Gasteiger partial charge on any atom is -0.373 e. The van der Waals surface area contributed by atoms with Crippen LogP contribution in [0.2, 0.25) is 0 Å². The number of amides is 1. The second-order valence-electron chi connectivity index (χ2n) is 8.43. The molecule has 0 aromatic heterocycles. The Bertz CT molecular complexity index is 703. The molecular formula is C23H37N5O2. The number of nitrogens with one attached hydrogen (secondary N) is 1. The number of piperazine rings is 1. The number of aliphatic imine (C=N–C) groups is 1. The van der Waals surface area contributed by atoms with Gasteiger partial charge in [-0.3, -0.25) is 9.69 Å². The Balaban J connectivity index is 1.55. The Hall–Kier alpha value is -2.12. The van der Waals surface area contributed by atoms with Crippen LogP contribution in [0.1, 0.15) is 38.8 Å². The highest BCUT2D eigenvalue weighted by atomic mass is 16.5. The molecule has 2 aliphatic heterocycles. The topological polar surface area (TPSA) is 60.4 Å². The Labute approximate surface area is 181 Å². The van der Waals surface area contributed by atoms with E-state index < -0.39 is 0 Å². The molecule has 1 aromatic rings. The molecule has 2 fully saturated rings. The summed E-state index contributed by atoms with van der Waals surface area (Å²) in [5.74, 6) is 1.08. The molecule has 1 N–H and O–H groups in total. The molecule has 2 saturated heterocycles. The number of ether oxygens (including phenoxy) is 1. The van der Waals surface area contributed by atoms with Gasteiger partial charge in [-0.2, -0.15) is 0 Å². The van der Waals surface area contributed by atoms with Crippen molar-refractivity contribution < 1.29 is 9.53 Å². The fraction of sp³-hybridized carbons (Fsp3) is 0.652. The van der Waals surface area contributed by atoms with Crippen molar-refractivity contribution in [2.75, 3.05) is 45.8 Å². The molecule has 3 rings (SSSR count). The average molecular weight is 416 g/mol. The Kier molecular flexibility index (Phi) is 8.10. The molecule has 0 bridgehead atoms. The maximum absolute atomic E-state index is 11.5. The molecule has 0 radical (unpaired) electrons. The molecule has 7 heteroatoms. The van der Waals surface area contributed by atoms with Crippen LogP contribution in [0.4, 0.5) is 0 Å². The smallest absolute Gasteiger partial charge is 0.219 e. The summed E-state index contributed by atoms with van der Waals surface area (Å²) in [6.07, 6.45) is 0.591. The molecule has 2 atom stereocenters. The van der Waals surface area contributed by atoms with Gasteiger partial charge in [0, 0.05) is 59.3 Å². The second kappa shape index (κ2) is 10.8. The van der Waals surface area contributed by atoms with Crippen LogP contribution >= 0.6 is 0 Å². The van der Waals surface area contributed by atoms with E-state index in [1.54, 1.807) is 6.92 Å². The van der Waals surface area contributed by atoms with Gasteiger partial charge in [0.05, 0.1) is 18.8 Å². The van der Waals surface area contributed by atoms with Crippen molar-refractivity contribution in [3.05, 3.63) is 35.4 Å². The number of nitrogens with zero attached hydrogens (tertiary/aromatic N) is 4. The molecular weight excluding hydrogens is 378 g/mol. The third kappa shape index (κ3) is 6.44. The van der Waals surface area contributed by atoms with Crippen LogP contribution in [-0.4, -0.2) is 84.6 Å². The SMILES string of the molecule is CCNC(=NCc1ccc(CN2CC(C)OC(C)C2)cc1)N1CCN(C(C)=O)CC1. The lowest BCUT2D eigenvalue weighted by molar-refractivity contribution is -0.130. The standard InChI is InChI=1S/C23H37N5O2/c1-5-24-23(28-12-10-27(11-13-28)20(4)29)25-14-21-6-8-22(9-7-21)17-26-15-18(2)30-19(3)16-26/h6-9,18-19H,5,10-17H2,1-4H3,(H,24,25). The summed E-state index contributed by atoms with van der Waals surface area (Å²) in [6, 6.07) is 8.80. The predicted octanol–water partition coefficient (Wildman–Crippen LogP) is 1.93. The van der Waals surface area contributed by atoms with Crippen LogP contribution < -0.4 is 5.32 Å². The summed E-state index contributed by atoms with van der Waals surface area (Å²) in [7, 11) is 0. The van der Waals surface area contributed by atoms with Crippen LogP contribution in [0.5, 0.6) is 0 Å². The van der Waals surface area contributed by atoms with Gasteiger partial charge in [-0.15, -0.1) is 0 Å². The van der Waals surface area contributed by atoms with Gasteiger partial charge in [0.1, 0.15) is 0 Å². The first-order chi connectivity index (χ1) is 14.4. The summed E-state index contributed by atoms with van der Waals surface area (Å²) in [6.45, 7) is 15.6. The van der Waals surface area contributed by atoms with E-state index in [0.29, 0.717) is 18.8 Å². The number of morpholine rings is 1. The van der Waals surface area contributed by atoms with Gasteiger partial charge < -0.3 is 19.9 Å². The highest BCUT2D eigenvalue weighted by Crippen LogP contribution is 2.15. The van der Waals surface area contributed by atoms with Crippen molar-refractivity contribution in [2.45, 2.75) is 53.0 Å². The molecule has 0 aliphatic carbocycles. The molecule has 2 heterocycles. The summed E-state index contributed by atoms with van der Waals surface area (Å²) in [4.78, 5) is 23.0. The van der Waals surface area contributed by atoms with Crippen molar-refractivity contribution in [3.8, 4) is 0 Å². The average Bonchev–Trinajstić information content (AvgIpc) is 2.71. The number of benzene rings is 1. The zero-order valence-electron chi connectivity index (χ0n) is 18.9. The molecule has 2 aliphatic rings. The lowest BCUT2D eigenvalue weighted by atomic mass is 10.1. The third-order valence-corrected chi connectivity index (χ3v) is 5.70. The van der Waals surface area contributed by atoms with Gasteiger partial charge in [-0.25, -0.2) is 4.99 Å². The Morgan fingerprint density at radius 1 is 1.03 bits per heavy atom. The van der Waals surface area contributed by atoms with E-state index in [4.69, 9.17) is 9.73 Å². The van der Waals surface area contributed by atoms with Crippen molar-refractivity contribution in [3.63, 3.8) is 0 Å². The quantitative estimate of drug-likeness (QED) is 0.588. The van der Waals surface area contributed by atoms with Crippen molar-refractivity contribution in [1.82, 2.24) is 20.0 Å². The molecule has 0 saturated carbocycles. The zero-order chi connectivity index (χ0) is 21.5. The van der Waals surface area contributed by atoms with Crippen LogP contribution in [-0.2, 0) is 22.6 Å². The largest absolute Gasteiger partial charge is 0.373 e. The van der Waals surface area contributed by atoms with Crippen molar-refractivity contribution >= 4 is 11.9 Å². The second-order valence-corrected chi connectivity index (χ2v) is 8.43. The fourth-order valence-electron chi connectivity index (χ4n) is 4.25. The number of rotatable bonds is 5. The highest BCUT2D eigenvalue weighted by Gasteiger charge is 2.22.